The first-order valence-corrected chi connectivity index (χ1v) is 12.0. The van der Waals surface area contributed by atoms with Crippen LogP contribution < -0.4 is 9.47 Å². The molecule has 3 heterocycles. The molecule has 5 rings (SSSR count). The number of aromatic amines is 1. The number of benzene rings is 2. The van der Waals surface area contributed by atoms with Crippen LogP contribution in [0.5, 0.6) is 11.5 Å². The zero-order valence-corrected chi connectivity index (χ0v) is 19.5. The largest absolute Gasteiger partial charge is 0.493 e. The molecule has 1 aromatic heterocycles. The summed E-state index contributed by atoms with van der Waals surface area (Å²) in [5, 5.41) is 0.981. The SMILES string of the molecule is COc1cc2c(cc1OC)C(CCc1c[nH]c3ccc(F)cc13)N(CC1CCOCC1)CC2. The summed E-state index contributed by atoms with van der Waals surface area (Å²) in [4.78, 5) is 5.95. The van der Waals surface area contributed by atoms with E-state index in [-0.39, 0.29) is 11.9 Å². The number of methoxy groups -OCH3 is 2. The smallest absolute Gasteiger partial charge is 0.161 e. The lowest BCUT2D eigenvalue weighted by Gasteiger charge is -2.40. The molecule has 1 N–H and O–H groups in total. The van der Waals surface area contributed by atoms with Crippen molar-refractivity contribution in [3.63, 3.8) is 0 Å². The number of nitrogens with one attached hydrogen (secondary N) is 1. The standard InChI is InChI=1S/C27H33FN2O3/c1-31-26-13-19-7-10-30(17-18-8-11-33-12-9-18)25(23(19)15-27(26)32-2)6-3-20-16-29-24-5-4-21(28)14-22(20)24/h4-5,13-16,18,25,29H,3,6-12,17H2,1-2H3. The van der Waals surface area contributed by atoms with Gasteiger partial charge in [0.15, 0.2) is 11.5 Å². The van der Waals surface area contributed by atoms with Gasteiger partial charge in [-0.2, -0.15) is 0 Å². The van der Waals surface area contributed by atoms with E-state index in [0.29, 0.717) is 5.92 Å². The summed E-state index contributed by atoms with van der Waals surface area (Å²) in [5.74, 6) is 2.05. The number of aromatic nitrogens is 1. The van der Waals surface area contributed by atoms with Crippen molar-refractivity contribution in [1.29, 1.82) is 0 Å². The Kier molecular flexibility index (Phi) is 6.56. The van der Waals surface area contributed by atoms with Gasteiger partial charge >= 0.3 is 0 Å². The van der Waals surface area contributed by atoms with Gasteiger partial charge in [-0.15, -0.1) is 0 Å². The molecule has 176 valence electrons. The van der Waals surface area contributed by atoms with E-state index in [1.807, 2.05) is 12.3 Å². The third-order valence-corrected chi connectivity index (χ3v) is 7.36. The molecule has 1 unspecified atom stereocenters. The second kappa shape index (κ2) is 9.74. The summed E-state index contributed by atoms with van der Waals surface area (Å²) in [7, 11) is 3.39. The highest BCUT2D eigenvalue weighted by Gasteiger charge is 2.31. The van der Waals surface area contributed by atoms with Gasteiger partial charge in [0.2, 0.25) is 0 Å². The first-order valence-electron chi connectivity index (χ1n) is 12.0. The molecule has 0 aliphatic carbocycles. The van der Waals surface area contributed by atoms with Crippen molar-refractivity contribution in [3.05, 3.63) is 59.0 Å². The molecule has 6 heteroatoms. The number of hydrogen-bond donors (Lipinski definition) is 1. The van der Waals surface area contributed by atoms with Crippen LogP contribution in [-0.4, -0.2) is 50.4 Å². The van der Waals surface area contributed by atoms with E-state index in [1.54, 1.807) is 20.3 Å². The fraction of sp³-hybridized carbons (Fsp3) is 0.481. The van der Waals surface area contributed by atoms with Crippen LogP contribution >= 0.6 is 0 Å². The van der Waals surface area contributed by atoms with Crippen LogP contribution in [0.4, 0.5) is 4.39 Å². The summed E-state index contributed by atoms with van der Waals surface area (Å²) in [6, 6.07) is 9.57. The normalized spacial score (nSPS) is 19.5. The predicted molar refractivity (Wildman–Crippen MR) is 128 cm³/mol. The fourth-order valence-electron chi connectivity index (χ4n) is 5.55. The summed E-state index contributed by atoms with van der Waals surface area (Å²) in [5.41, 5.74) is 4.83. The van der Waals surface area contributed by atoms with Crippen molar-refractivity contribution in [2.24, 2.45) is 5.92 Å². The van der Waals surface area contributed by atoms with E-state index in [4.69, 9.17) is 14.2 Å². The van der Waals surface area contributed by atoms with Gasteiger partial charge in [0.05, 0.1) is 14.2 Å². The Morgan fingerprint density at radius 2 is 1.88 bits per heavy atom. The number of fused-ring (bicyclic) bond motifs is 2. The lowest BCUT2D eigenvalue weighted by molar-refractivity contribution is 0.0423. The van der Waals surface area contributed by atoms with Crippen molar-refractivity contribution in [2.45, 2.75) is 38.1 Å². The van der Waals surface area contributed by atoms with Crippen molar-refractivity contribution in [1.82, 2.24) is 9.88 Å². The Morgan fingerprint density at radius 3 is 2.67 bits per heavy atom. The van der Waals surface area contributed by atoms with Gasteiger partial charge in [-0.05, 0) is 85.0 Å². The summed E-state index contributed by atoms with van der Waals surface area (Å²) in [6.45, 7) is 3.86. The molecule has 0 amide bonds. The molecule has 1 saturated heterocycles. The van der Waals surface area contributed by atoms with Crippen molar-refractivity contribution < 1.29 is 18.6 Å². The van der Waals surface area contributed by atoms with E-state index < -0.39 is 0 Å². The molecule has 5 nitrogen and oxygen atoms in total. The molecule has 0 radical (unpaired) electrons. The van der Waals surface area contributed by atoms with Gasteiger partial charge in [0, 0.05) is 49.4 Å². The molecule has 0 saturated carbocycles. The summed E-state index contributed by atoms with van der Waals surface area (Å²) in [6.07, 6.45) is 7.15. The van der Waals surface area contributed by atoms with Gasteiger partial charge in [0.25, 0.3) is 0 Å². The zero-order chi connectivity index (χ0) is 22.8. The van der Waals surface area contributed by atoms with Crippen molar-refractivity contribution in [2.75, 3.05) is 40.5 Å². The maximum Gasteiger partial charge on any atom is 0.161 e. The minimum Gasteiger partial charge on any atom is -0.493 e. The van der Waals surface area contributed by atoms with Crippen molar-refractivity contribution >= 4 is 10.9 Å². The number of H-pyrrole nitrogens is 1. The Bertz CT molecular complexity index is 1110. The number of hydrogen-bond acceptors (Lipinski definition) is 4. The number of halogens is 1. The third-order valence-electron chi connectivity index (χ3n) is 7.36. The average Bonchev–Trinajstić information content (AvgIpc) is 3.25. The molecule has 2 aromatic carbocycles. The molecule has 2 aliphatic heterocycles. The maximum atomic E-state index is 13.9. The van der Waals surface area contributed by atoms with Crippen LogP contribution in [0.3, 0.4) is 0 Å². The van der Waals surface area contributed by atoms with Gasteiger partial charge in [-0.1, -0.05) is 0 Å². The monoisotopic (exact) mass is 452 g/mol. The average molecular weight is 453 g/mol. The van der Waals surface area contributed by atoms with Gasteiger partial charge < -0.3 is 19.2 Å². The molecular formula is C27H33FN2O3. The first-order chi connectivity index (χ1) is 16.2. The molecule has 33 heavy (non-hydrogen) atoms. The maximum absolute atomic E-state index is 13.9. The topological polar surface area (TPSA) is 46.7 Å². The minimum absolute atomic E-state index is 0.190. The van der Waals surface area contributed by atoms with Crippen LogP contribution in [0.2, 0.25) is 0 Å². The molecule has 0 bridgehead atoms. The third kappa shape index (κ3) is 4.59. The zero-order valence-electron chi connectivity index (χ0n) is 19.5. The second-order valence-corrected chi connectivity index (χ2v) is 9.26. The highest BCUT2D eigenvalue weighted by molar-refractivity contribution is 5.83. The van der Waals surface area contributed by atoms with Gasteiger partial charge in [0.1, 0.15) is 5.82 Å². The summed E-state index contributed by atoms with van der Waals surface area (Å²) < 4.78 is 30.7. The van der Waals surface area contributed by atoms with E-state index in [1.165, 1.54) is 22.8 Å². The Morgan fingerprint density at radius 1 is 1.09 bits per heavy atom. The highest BCUT2D eigenvalue weighted by Crippen LogP contribution is 2.41. The lowest BCUT2D eigenvalue weighted by Crippen LogP contribution is -2.40. The number of rotatable bonds is 7. The van der Waals surface area contributed by atoms with Gasteiger partial charge in [-0.3, -0.25) is 4.90 Å². The second-order valence-electron chi connectivity index (χ2n) is 9.26. The van der Waals surface area contributed by atoms with E-state index in [0.717, 1.165) is 80.8 Å². The van der Waals surface area contributed by atoms with E-state index >= 15 is 0 Å². The Labute approximate surface area is 194 Å². The highest BCUT2D eigenvalue weighted by atomic mass is 19.1. The van der Waals surface area contributed by atoms with Crippen LogP contribution in [0.1, 0.15) is 42.0 Å². The quantitative estimate of drug-likeness (QED) is 0.530. The Balaban J connectivity index is 1.44. The van der Waals surface area contributed by atoms with E-state index in [2.05, 4.69) is 22.0 Å². The van der Waals surface area contributed by atoms with Crippen LogP contribution in [-0.2, 0) is 17.6 Å². The number of nitrogens with zero attached hydrogens (tertiary/aromatic N) is 1. The summed E-state index contributed by atoms with van der Waals surface area (Å²) >= 11 is 0. The first kappa shape index (κ1) is 22.2. The van der Waals surface area contributed by atoms with Crippen molar-refractivity contribution in [3.8, 4) is 11.5 Å². The van der Waals surface area contributed by atoms with Crippen LogP contribution in [0.25, 0.3) is 10.9 Å². The minimum atomic E-state index is -0.190. The fourth-order valence-corrected chi connectivity index (χ4v) is 5.55. The number of aryl methyl sites for hydroxylation is 1. The molecule has 2 aliphatic rings. The molecule has 0 spiro atoms. The predicted octanol–water partition coefficient (Wildman–Crippen LogP) is 5.28. The van der Waals surface area contributed by atoms with E-state index in [9.17, 15) is 4.39 Å². The molecule has 1 fully saturated rings. The Hall–Kier alpha value is -2.57. The number of ether oxygens (including phenoxy) is 3. The van der Waals surface area contributed by atoms with Crippen LogP contribution in [0.15, 0.2) is 36.5 Å². The van der Waals surface area contributed by atoms with Gasteiger partial charge in [-0.25, -0.2) is 4.39 Å². The molecular weight excluding hydrogens is 419 g/mol. The lowest BCUT2D eigenvalue weighted by atomic mass is 9.87. The molecule has 1 atom stereocenters. The molecule has 3 aromatic rings. The van der Waals surface area contributed by atoms with Crippen LogP contribution in [0, 0.1) is 11.7 Å².